The highest BCUT2D eigenvalue weighted by molar-refractivity contribution is 5.71. The van der Waals surface area contributed by atoms with Gasteiger partial charge in [-0.1, -0.05) is 29.8 Å². The van der Waals surface area contributed by atoms with Crippen molar-refractivity contribution < 1.29 is 14.6 Å². The van der Waals surface area contributed by atoms with E-state index in [0.29, 0.717) is 19.4 Å². The van der Waals surface area contributed by atoms with Crippen LogP contribution < -0.4 is 0 Å². The van der Waals surface area contributed by atoms with Crippen LogP contribution in [0.2, 0.25) is 0 Å². The number of aliphatic carboxylic acids is 1. The van der Waals surface area contributed by atoms with E-state index in [2.05, 4.69) is 12.1 Å². The topological polar surface area (TPSA) is 46.5 Å². The van der Waals surface area contributed by atoms with Gasteiger partial charge in [-0.25, -0.2) is 0 Å². The van der Waals surface area contributed by atoms with E-state index in [0.717, 1.165) is 5.56 Å². The van der Waals surface area contributed by atoms with Gasteiger partial charge < -0.3 is 9.84 Å². The number of aryl methyl sites for hydroxylation is 1. The van der Waals surface area contributed by atoms with E-state index < -0.39 is 5.97 Å². The minimum atomic E-state index is -0.699. The van der Waals surface area contributed by atoms with Crippen LogP contribution in [-0.4, -0.2) is 17.2 Å². The molecule has 2 rings (SSSR count). The van der Waals surface area contributed by atoms with E-state index in [4.69, 9.17) is 9.84 Å². The first kappa shape index (κ1) is 11.1. The first-order valence-electron chi connectivity index (χ1n) is 5.55. The van der Waals surface area contributed by atoms with E-state index in [1.807, 2.05) is 19.1 Å². The molecule has 1 saturated carbocycles. The van der Waals surface area contributed by atoms with Gasteiger partial charge in [0.2, 0.25) is 0 Å². The summed E-state index contributed by atoms with van der Waals surface area (Å²) in [5, 5.41) is 8.71. The van der Waals surface area contributed by atoms with Crippen molar-refractivity contribution >= 4 is 5.97 Å². The van der Waals surface area contributed by atoms with E-state index in [-0.39, 0.29) is 12.0 Å². The molecule has 86 valence electrons. The Morgan fingerprint density at radius 3 is 2.56 bits per heavy atom. The van der Waals surface area contributed by atoms with Crippen molar-refractivity contribution in [2.75, 3.05) is 0 Å². The van der Waals surface area contributed by atoms with Gasteiger partial charge in [-0.2, -0.15) is 0 Å². The molecule has 1 N–H and O–H groups in total. The molecule has 1 aromatic carbocycles. The Balaban J connectivity index is 1.73. The van der Waals surface area contributed by atoms with E-state index in [1.165, 1.54) is 5.56 Å². The normalized spacial score (nSPS) is 23.8. The zero-order valence-corrected chi connectivity index (χ0v) is 9.35. The molecule has 0 aliphatic heterocycles. The Morgan fingerprint density at radius 2 is 2.00 bits per heavy atom. The third-order valence-corrected chi connectivity index (χ3v) is 3.05. The van der Waals surface area contributed by atoms with Crippen molar-refractivity contribution in [1.29, 1.82) is 0 Å². The van der Waals surface area contributed by atoms with E-state index in [1.54, 1.807) is 0 Å². The number of carboxylic acid groups (broad SMARTS) is 1. The van der Waals surface area contributed by atoms with Crippen molar-refractivity contribution in [2.45, 2.75) is 32.5 Å². The van der Waals surface area contributed by atoms with Gasteiger partial charge in [-0.15, -0.1) is 0 Å². The lowest BCUT2D eigenvalue weighted by Gasteiger charge is -2.32. The number of carboxylic acids is 1. The molecule has 0 radical (unpaired) electrons. The summed E-state index contributed by atoms with van der Waals surface area (Å²) >= 11 is 0. The largest absolute Gasteiger partial charge is 0.481 e. The molecule has 1 aliphatic carbocycles. The minimum Gasteiger partial charge on any atom is -0.481 e. The van der Waals surface area contributed by atoms with Crippen LogP contribution in [0.25, 0.3) is 0 Å². The summed E-state index contributed by atoms with van der Waals surface area (Å²) in [5.41, 5.74) is 2.38. The Hall–Kier alpha value is -1.35. The Bertz CT molecular complexity index is 363. The van der Waals surface area contributed by atoms with Gasteiger partial charge in [0.25, 0.3) is 0 Å². The van der Waals surface area contributed by atoms with Crippen molar-refractivity contribution in [3.63, 3.8) is 0 Å². The molecule has 0 amide bonds. The molecule has 0 saturated heterocycles. The Kier molecular flexibility index (Phi) is 3.25. The lowest BCUT2D eigenvalue weighted by Crippen LogP contribution is -2.36. The molecule has 3 heteroatoms. The number of hydrogen-bond donors (Lipinski definition) is 1. The Morgan fingerprint density at radius 1 is 1.38 bits per heavy atom. The predicted octanol–water partition coefficient (Wildman–Crippen LogP) is 2.37. The van der Waals surface area contributed by atoms with Crippen molar-refractivity contribution in [2.24, 2.45) is 5.92 Å². The molecule has 16 heavy (non-hydrogen) atoms. The standard InChI is InChI=1S/C13H16O3/c1-9-2-4-10(5-3-9)8-16-12-6-11(7-12)13(14)15/h2-5,11-12H,6-8H2,1H3,(H,14,15). The predicted molar refractivity (Wildman–Crippen MR) is 60.1 cm³/mol. The fourth-order valence-electron chi connectivity index (χ4n) is 1.80. The quantitative estimate of drug-likeness (QED) is 0.847. The molecular weight excluding hydrogens is 204 g/mol. The van der Waals surface area contributed by atoms with Gasteiger partial charge in [-0.3, -0.25) is 4.79 Å². The molecule has 1 aliphatic rings. The summed E-state index contributed by atoms with van der Waals surface area (Å²) in [7, 11) is 0. The van der Waals surface area contributed by atoms with Crippen LogP contribution in [0.3, 0.4) is 0 Å². The summed E-state index contributed by atoms with van der Waals surface area (Å²) in [6.07, 6.45) is 1.44. The number of hydrogen-bond acceptors (Lipinski definition) is 2. The second-order valence-corrected chi connectivity index (χ2v) is 4.43. The summed E-state index contributed by atoms with van der Waals surface area (Å²) in [6.45, 7) is 2.63. The summed E-state index contributed by atoms with van der Waals surface area (Å²) in [4.78, 5) is 10.6. The molecule has 0 spiro atoms. The fraction of sp³-hybridized carbons (Fsp3) is 0.462. The first-order chi connectivity index (χ1) is 7.65. The molecule has 0 aromatic heterocycles. The first-order valence-corrected chi connectivity index (χ1v) is 5.55. The summed E-state index contributed by atoms with van der Waals surface area (Å²) < 4.78 is 5.62. The van der Waals surface area contributed by atoms with E-state index >= 15 is 0 Å². The smallest absolute Gasteiger partial charge is 0.306 e. The van der Waals surface area contributed by atoms with Crippen LogP contribution >= 0.6 is 0 Å². The van der Waals surface area contributed by atoms with Crippen LogP contribution in [0.1, 0.15) is 24.0 Å². The molecule has 1 aromatic rings. The van der Waals surface area contributed by atoms with Gasteiger partial charge in [0, 0.05) is 0 Å². The maximum Gasteiger partial charge on any atom is 0.306 e. The van der Waals surface area contributed by atoms with Gasteiger partial charge in [0.1, 0.15) is 0 Å². The van der Waals surface area contributed by atoms with Crippen molar-refractivity contribution in [1.82, 2.24) is 0 Å². The monoisotopic (exact) mass is 220 g/mol. The SMILES string of the molecule is Cc1ccc(COC2CC(C(=O)O)C2)cc1. The molecule has 0 bridgehead atoms. The highest BCUT2D eigenvalue weighted by atomic mass is 16.5. The number of benzene rings is 1. The third-order valence-electron chi connectivity index (χ3n) is 3.05. The zero-order valence-electron chi connectivity index (χ0n) is 9.35. The second kappa shape index (κ2) is 4.66. The molecule has 3 nitrogen and oxygen atoms in total. The number of carbonyl (C=O) groups is 1. The number of rotatable bonds is 4. The average molecular weight is 220 g/mol. The number of ether oxygens (including phenoxy) is 1. The molecule has 0 unspecified atom stereocenters. The van der Waals surface area contributed by atoms with Crippen LogP contribution in [0, 0.1) is 12.8 Å². The highest BCUT2D eigenvalue weighted by Gasteiger charge is 2.34. The van der Waals surface area contributed by atoms with Crippen LogP contribution in [0.5, 0.6) is 0 Å². The van der Waals surface area contributed by atoms with Crippen LogP contribution in [0.15, 0.2) is 24.3 Å². The van der Waals surface area contributed by atoms with Crippen molar-refractivity contribution in [3.05, 3.63) is 35.4 Å². The van der Waals surface area contributed by atoms with Gasteiger partial charge in [0.15, 0.2) is 0 Å². The zero-order chi connectivity index (χ0) is 11.5. The average Bonchev–Trinajstić information content (AvgIpc) is 2.18. The lowest BCUT2D eigenvalue weighted by molar-refractivity contribution is -0.151. The maximum atomic E-state index is 10.6. The lowest BCUT2D eigenvalue weighted by atomic mass is 9.82. The second-order valence-electron chi connectivity index (χ2n) is 4.43. The molecule has 0 atom stereocenters. The fourth-order valence-corrected chi connectivity index (χ4v) is 1.80. The minimum absolute atomic E-state index is 0.127. The van der Waals surface area contributed by atoms with E-state index in [9.17, 15) is 4.79 Å². The van der Waals surface area contributed by atoms with Crippen LogP contribution in [0.4, 0.5) is 0 Å². The van der Waals surface area contributed by atoms with Gasteiger partial charge in [-0.05, 0) is 25.3 Å². The van der Waals surface area contributed by atoms with Crippen molar-refractivity contribution in [3.8, 4) is 0 Å². The molecule has 1 fully saturated rings. The summed E-state index contributed by atoms with van der Waals surface area (Å²) in [5.74, 6) is -0.891. The summed E-state index contributed by atoms with van der Waals surface area (Å²) in [6, 6.07) is 8.20. The highest BCUT2D eigenvalue weighted by Crippen LogP contribution is 2.30. The van der Waals surface area contributed by atoms with Gasteiger partial charge >= 0.3 is 5.97 Å². The molecular formula is C13H16O3. The molecule has 0 heterocycles. The maximum absolute atomic E-state index is 10.6. The van der Waals surface area contributed by atoms with Crippen LogP contribution in [-0.2, 0) is 16.1 Å². The Labute approximate surface area is 95.0 Å². The third kappa shape index (κ3) is 2.61. The van der Waals surface area contributed by atoms with Gasteiger partial charge in [0.05, 0.1) is 18.6 Å².